The van der Waals surface area contributed by atoms with Crippen molar-refractivity contribution in [2.24, 2.45) is 11.0 Å². The molecule has 0 spiro atoms. The molecule has 1 N–H and O–H groups in total. The summed E-state index contributed by atoms with van der Waals surface area (Å²) < 4.78 is 13.6. The number of hydrogen-bond acceptors (Lipinski definition) is 5. The minimum absolute atomic E-state index is 0.0374. The van der Waals surface area contributed by atoms with Crippen molar-refractivity contribution >= 4 is 18.4 Å². The summed E-state index contributed by atoms with van der Waals surface area (Å²) >= 11 is 5.24. The third-order valence-electron chi connectivity index (χ3n) is 4.32. The molecule has 1 aliphatic heterocycles. The van der Waals surface area contributed by atoms with Crippen molar-refractivity contribution in [3.05, 3.63) is 34.2 Å². The molecule has 116 valence electrons. The maximum absolute atomic E-state index is 5.82. The fraction of sp³-hybridized carbons (Fsp3) is 0.533. The van der Waals surface area contributed by atoms with Gasteiger partial charge in [0.15, 0.2) is 5.82 Å². The van der Waals surface area contributed by atoms with Gasteiger partial charge in [-0.05, 0) is 49.5 Å². The molecule has 2 aromatic heterocycles. The van der Waals surface area contributed by atoms with Gasteiger partial charge in [0, 0.05) is 12.5 Å². The number of hydrogen-bond donors (Lipinski definition) is 1. The zero-order valence-electron chi connectivity index (χ0n) is 12.4. The van der Waals surface area contributed by atoms with E-state index in [4.69, 9.17) is 21.4 Å². The minimum Gasteiger partial charge on any atom is -0.460 e. The smallest absolute Gasteiger partial charge is 0.216 e. The number of nitrogens with zero attached hydrogens (tertiary/aromatic N) is 3. The van der Waals surface area contributed by atoms with E-state index in [1.54, 1.807) is 10.9 Å². The molecule has 6 nitrogen and oxygen atoms in total. The average molecular weight is 318 g/mol. The summed E-state index contributed by atoms with van der Waals surface area (Å²) in [4.78, 5) is 0. The molecule has 1 aliphatic carbocycles. The minimum atomic E-state index is -0.0374. The Morgan fingerprint density at radius 2 is 2.36 bits per heavy atom. The monoisotopic (exact) mass is 318 g/mol. The van der Waals surface area contributed by atoms with Crippen LogP contribution in [0.1, 0.15) is 55.6 Å². The van der Waals surface area contributed by atoms with Crippen LogP contribution >= 0.6 is 12.2 Å². The molecule has 0 amide bonds. The third-order valence-corrected chi connectivity index (χ3v) is 4.58. The van der Waals surface area contributed by atoms with Gasteiger partial charge in [0.1, 0.15) is 17.6 Å². The summed E-state index contributed by atoms with van der Waals surface area (Å²) in [6.07, 6.45) is 4.83. The van der Waals surface area contributed by atoms with E-state index in [2.05, 4.69) is 22.2 Å². The lowest BCUT2D eigenvalue weighted by atomic mass is 10.2. The largest absolute Gasteiger partial charge is 0.460 e. The van der Waals surface area contributed by atoms with Crippen LogP contribution in [0.5, 0.6) is 0 Å². The summed E-state index contributed by atoms with van der Waals surface area (Å²) in [5.41, 5.74) is 0. The van der Waals surface area contributed by atoms with Crippen LogP contribution in [-0.4, -0.2) is 27.7 Å². The third kappa shape index (κ3) is 2.55. The molecule has 0 radical (unpaired) electrons. The fourth-order valence-corrected chi connectivity index (χ4v) is 3.06. The molecule has 2 fully saturated rings. The van der Waals surface area contributed by atoms with Crippen molar-refractivity contribution in [2.75, 3.05) is 6.61 Å². The van der Waals surface area contributed by atoms with Gasteiger partial charge in [-0.1, -0.05) is 6.92 Å². The first kappa shape index (κ1) is 13.9. The number of ether oxygens (including phenoxy) is 1. The Hall–Kier alpha value is -1.73. The summed E-state index contributed by atoms with van der Waals surface area (Å²) in [5, 5.41) is 11.4. The van der Waals surface area contributed by atoms with E-state index in [1.165, 1.54) is 6.42 Å². The summed E-state index contributed by atoms with van der Waals surface area (Å²) in [6, 6.07) is 3.98. The maximum Gasteiger partial charge on any atom is 0.216 e. The fourth-order valence-electron chi connectivity index (χ4n) is 2.88. The molecule has 2 aromatic rings. The van der Waals surface area contributed by atoms with Crippen LogP contribution < -0.4 is 0 Å². The van der Waals surface area contributed by atoms with Crippen molar-refractivity contribution in [1.29, 1.82) is 0 Å². The highest BCUT2D eigenvalue weighted by atomic mass is 32.1. The summed E-state index contributed by atoms with van der Waals surface area (Å²) in [6.45, 7) is 2.99. The summed E-state index contributed by atoms with van der Waals surface area (Å²) in [5.74, 6) is 3.80. The Morgan fingerprint density at radius 3 is 3.09 bits per heavy atom. The Kier molecular flexibility index (Phi) is 3.46. The lowest BCUT2D eigenvalue weighted by molar-refractivity contribution is 0.102. The van der Waals surface area contributed by atoms with Crippen molar-refractivity contribution in [3.63, 3.8) is 0 Å². The van der Waals surface area contributed by atoms with E-state index < -0.39 is 0 Å². The second-order valence-corrected chi connectivity index (χ2v) is 6.39. The Balaban J connectivity index is 1.56. The summed E-state index contributed by atoms with van der Waals surface area (Å²) in [7, 11) is 0. The van der Waals surface area contributed by atoms with Crippen molar-refractivity contribution in [3.8, 4) is 0 Å². The molecule has 7 heteroatoms. The van der Waals surface area contributed by atoms with E-state index >= 15 is 0 Å². The Morgan fingerprint density at radius 1 is 1.50 bits per heavy atom. The first-order chi connectivity index (χ1) is 10.7. The number of rotatable bonds is 4. The molecule has 4 rings (SSSR count). The van der Waals surface area contributed by atoms with Crippen LogP contribution in [0.25, 0.3) is 0 Å². The number of aromatic amines is 1. The lowest BCUT2D eigenvalue weighted by Gasteiger charge is -2.06. The van der Waals surface area contributed by atoms with E-state index in [0.717, 1.165) is 42.7 Å². The van der Waals surface area contributed by atoms with Crippen molar-refractivity contribution < 1.29 is 9.15 Å². The van der Waals surface area contributed by atoms with Gasteiger partial charge in [-0.25, -0.2) is 0 Å². The topological polar surface area (TPSA) is 68.3 Å². The number of H-pyrrole nitrogens is 1. The van der Waals surface area contributed by atoms with Gasteiger partial charge in [-0.2, -0.15) is 14.9 Å². The first-order valence-electron chi connectivity index (χ1n) is 7.65. The van der Waals surface area contributed by atoms with Gasteiger partial charge in [0.25, 0.3) is 0 Å². The first-order valence-corrected chi connectivity index (χ1v) is 8.06. The highest BCUT2D eigenvalue weighted by Crippen LogP contribution is 2.47. The zero-order chi connectivity index (χ0) is 15.1. The quantitative estimate of drug-likeness (QED) is 0.693. The number of nitrogens with one attached hydrogen (secondary N) is 1. The highest BCUT2D eigenvalue weighted by Gasteiger charge is 2.36. The molecular formula is C15H18N4O2S. The predicted octanol–water partition coefficient (Wildman–Crippen LogP) is 3.39. The van der Waals surface area contributed by atoms with Crippen LogP contribution in [0, 0.1) is 10.7 Å². The predicted molar refractivity (Wildman–Crippen MR) is 83.6 cm³/mol. The lowest BCUT2D eigenvalue weighted by Crippen LogP contribution is -2.05. The van der Waals surface area contributed by atoms with Gasteiger partial charge < -0.3 is 9.15 Å². The van der Waals surface area contributed by atoms with Crippen molar-refractivity contribution in [1.82, 2.24) is 14.9 Å². The normalized spacial score (nSPS) is 27.8. The van der Waals surface area contributed by atoms with Gasteiger partial charge in [0.05, 0.1) is 6.21 Å². The molecule has 1 saturated carbocycles. The second-order valence-electron chi connectivity index (χ2n) is 6.00. The maximum atomic E-state index is 5.82. The average Bonchev–Trinajstić information content (AvgIpc) is 2.99. The Labute approximate surface area is 133 Å². The zero-order valence-corrected chi connectivity index (χ0v) is 13.2. The van der Waals surface area contributed by atoms with Crippen LogP contribution in [0.3, 0.4) is 0 Å². The van der Waals surface area contributed by atoms with E-state index in [-0.39, 0.29) is 6.10 Å². The van der Waals surface area contributed by atoms with E-state index in [9.17, 15) is 0 Å². The highest BCUT2D eigenvalue weighted by molar-refractivity contribution is 7.71. The standard InChI is InChI=1S/C15H18N4O2S/c1-9-7-11(9)12-5-4-10(21-12)8-16-19-14(17-18-15(19)22)13-3-2-6-20-13/h4-5,8-9,11,13H,2-3,6-7H2,1H3,(H,18,22)/b16-8-/t9-,11+,13-/m0/s1. The van der Waals surface area contributed by atoms with Crippen LogP contribution in [0.15, 0.2) is 21.7 Å². The molecule has 3 heterocycles. The molecule has 1 saturated heterocycles. The van der Waals surface area contributed by atoms with Gasteiger partial charge in [0.2, 0.25) is 4.77 Å². The molecule has 0 bridgehead atoms. The van der Waals surface area contributed by atoms with Gasteiger partial charge in [-0.15, -0.1) is 0 Å². The molecule has 3 atom stereocenters. The van der Waals surface area contributed by atoms with Crippen LogP contribution in [0.4, 0.5) is 0 Å². The Bertz CT molecular complexity index is 754. The molecule has 2 aliphatic rings. The van der Waals surface area contributed by atoms with Crippen LogP contribution in [-0.2, 0) is 4.74 Å². The van der Waals surface area contributed by atoms with Crippen molar-refractivity contribution in [2.45, 2.75) is 38.2 Å². The molecular weight excluding hydrogens is 300 g/mol. The molecule has 22 heavy (non-hydrogen) atoms. The molecule has 0 aromatic carbocycles. The van der Waals surface area contributed by atoms with E-state index in [0.29, 0.717) is 10.7 Å². The SMILES string of the molecule is C[C@H]1C[C@H]1c1ccc(/C=N\n2c([C@@H]3CCCO3)n[nH]c2=S)o1. The number of furan rings is 1. The van der Waals surface area contributed by atoms with Gasteiger partial charge in [-0.3, -0.25) is 5.10 Å². The second kappa shape index (κ2) is 5.48. The van der Waals surface area contributed by atoms with Gasteiger partial charge >= 0.3 is 0 Å². The number of aromatic nitrogens is 3. The molecule has 0 unspecified atom stereocenters. The van der Waals surface area contributed by atoms with E-state index in [1.807, 2.05) is 12.1 Å². The van der Waals surface area contributed by atoms with Crippen LogP contribution in [0.2, 0.25) is 0 Å².